The Labute approximate surface area is 199 Å². The molecule has 1 aromatic carbocycles. The van der Waals surface area contributed by atoms with Crippen molar-refractivity contribution >= 4 is 50.6 Å². The second kappa shape index (κ2) is 11.9. The fourth-order valence-corrected chi connectivity index (χ4v) is 4.68. The van der Waals surface area contributed by atoms with E-state index < -0.39 is 32.9 Å². The Bertz CT molecular complexity index is 1160. The van der Waals surface area contributed by atoms with Crippen LogP contribution in [0.25, 0.3) is 0 Å². The van der Waals surface area contributed by atoms with E-state index in [2.05, 4.69) is 25.7 Å². The van der Waals surface area contributed by atoms with Gasteiger partial charge < -0.3 is 21.1 Å². The number of carbonyl (C=O) groups is 2. The monoisotopic (exact) mass is 512 g/mol. The van der Waals surface area contributed by atoms with Crippen molar-refractivity contribution in [1.29, 1.82) is 0 Å². The highest BCUT2D eigenvalue weighted by Crippen LogP contribution is 2.26. The third kappa shape index (κ3) is 7.14. The Morgan fingerprint density at radius 1 is 1.24 bits per heavy atom. The Kier molecular flexibility index (Phi) is 9.32. The van der Waals surface area contributed by atoms with Crippen molar-refractivity contribution in [2.45, 2.75) is 23.8 Å². The molecule has 0 unspecified atom stereocenters. The van der Waals surface area contributed by atoms with E-state index in [1.807, 2.05) is 0 Å². The van der Waals surface area contributed by atoms with Crippen LogP contribution in [0.2, 0.25) is 0 Å². The summed E-state index contributed by atoms with van der Waals surface area (Å²) >= 11 is 0.934. The van der Waals surface area contributed by atoms with Gasteiger partial charge in [0.05, 0.1) is 15.5 Å². The Hall–Kier alpha value is -3.72. The van der Waals surface area contributed by atoms with Crippen molar-refractivity contribution in [3.05, 3.63) is 50.7 Å². The molecule has 1 amide bonds. The van der Waals surface area contributed by atoms with E-state index in [-0.39, 0.29) is 27.6 Å². The number of amides is 1. The quantitative estimate of drug-likeness (QED) is 0.0967. The lowest BCUT2D eigenvalue weighted by Gasteiger charge is -2.16. The SMILES string of the molecule is CN=C(NC)NCCC[C@H](NC(=O)c1sccc1NS(=O)(=O)c1ccc([N+](=O)[O-])cc1)C(=O)O. The van der Waals surface area contributed by atoms with Crippen LogP contribution in [0.4, 0.5) is 11.4 Å². The zero-order valence-corrected chi connectivity index (χ0v) is 19.9. The van der Waals surface area contributed by atoms with E-state index >= 15 is 0 Å². The maximum Gasteiger partial charge on any atom is 0.326 e. The van der Waals surface area contributed by atoms with Crippen LogP contribution >= 0.6 is 11.3 Å². The van der Waals surface area contributed by atoms with Gasteiger partial charge in [-0.3, -0.25) is 24.6 Å². The van der Waals surface area contributed by atoms with Crippen molar-refractivity contribution < 1.29 is 28.0 Å². The van der Waals surface area contributed by atoms with E-state index in [1.165, 1.54) is 11.4 Å². The second-order valence-corrected chi connectivity index (χ2v) is 9.37. The van der Waals surface area contributed by atoms with Crippen LogP contribution in [-0.2, 0) is 14.8 Å². The maximum atomic E-state index is 12.7. The smallest absolute Gasteiger partial charge is 0.326 e. The van der Waals surface area contributed by atoms with Gasteiger partial charge in [0.2, 0.25) is 0 Å². The number of nitro groups is 1. The molecule has 0 aliphatic rings. The molecule has 0 spiro atoms. The van der Waals surface area contributed by atoms with E-state index in [0.29, 0.717) is 18.9 Å². The standard InChI is InChI=1S/C19H24N6O7S2/c1-20-19(21-2)22-10-3-4-15(18(27)28)23-17(26)16-14(9-11-33-16)24-34(31,32)13-7-5-12(6-8-13)25(29)30/h5-9,11,15,24H,3-4,10H2,1-2H3,(H,23,26)(H,27,28)(H2,20,21,22)/t15-/m0/s1. The summed E-state index contributed by atoms with van der Waals surface area (Å²) in [6.45, 7) is 0.423. The van der Waals surface area contributed by atoms with Gasteiger partial charge in [0, 0.05) is 32.8 Å². The molecule has 0 fully saturated rings. The van der Waals surface area contributed by atoms with Crippen LogP contribution < -0.4 is 20.7 Å². The lowest BCUT2D eigenvalue weighted by atomic mass is 10.1. The summed E-state index contributed by atoms with van der Waals surface area (Å²) in [5.41, 5.74) is -0.307. The summed E-state index contributed by atoms with van der Waals surface area (Å²) in [4.78, 5) is 38.1. The maximum absolute atomic E-state index is 12.7. The first-order valence-corrected chi connectivity index (χ1v) is 12.2. The molecule has 0 saturated heterocycles. The molecular formula is C19H24N6O7S2. The van der Waals surface area contributed by atoms with Gasteiger partial charge in [0.15, 0.2) is 5.96 Å². The van der Waals surface area contributed by atoms with Crippen LogP contribution in [0.1, 0.15) is 22.5 Å². The van der Waals surface area contributed by atoms with Gasteiger partial charge in [-0.25, -0.2) is 13.2 Å². The van der Waals surface area contributed by atoms with Gasteiger partial charge in [0.25, 0.3) is 21.6 Å². The predicted octanol–water partition coefficient (Wildman–Crippen LogP) is 1.22. The number of carbonyl (C=O) groups excluding carboxylic acids is 1. The number of carboxylic acid groups (broad SMARTS) is 1. The van der Waals surface area contributed by atoms with Crippen molar-refractivity contribution in [3.63, 3.8) is 0 Å². The molecule has 0 aliphatic heterocycles. The first kappa shape index (κ1) is 26.5. The summed E-state index contributed by atoms with van der Waals surface area (Å²) in [5.74, 6) is -1.43. The highest BCUT2D eigenvalue weighted by molar-refractivity contribution is 7.92. The normalized spacial score (nSPS) is 12.5. The first-order valence-electron chi connectivity index (χ1n) is 9.86. The van der Waals surface area contributed by atoms with Crippen LogP contribution in [0.5, 0.6) is 0 Å². The molecular weight excluding hydrogens is 488 g/mol. The van der Waals surface area contributed by atoms with Crippen molar-refractivity contribution in [2.75, 3.05) is 25.4 Å². The molecule has 1 aromatic heterocycles. The average molecular weight is 513 g/mol. The van der Waals surface area contributed by atoms with Crippen LogP contribution in [0, 0.1) is 10.1 Å². The number of nitro benzene ring substituents is 1. The van der Waals surface area contributed by atoms with Crippen molar-refractivity contribution in [2.24, 2.45) is 4.99 Å². The molecule has 2 aromatic rings. The number of benzene rings is 1. The number of sulfonamides is 1. The van der Waals surface area contributed by atoms with Crippen LogP contribution in [-0.4, -0.2) is 63.0 Å². The molecule has 0 saturated carbocycles. The lowest BCUT2D eigenvalue weighted by molar-refractivity contribution is -0.384. The molecule has 1 heterocycles. The summed E-state index contributed by atoms with van der Waals surface area (Å²) < 4.78 is 27.5. The molecule has 13 nitrogen and oxygen atoms in total. The molecule has 0 bridgehead atoms. The van der Waals surface area contributed by atoms with Crippen LogP contribution in [0.15, 0.2) is 45.6 Å². The summed E-state index contributed by atoms with van der Waals surface area (Å²) in [7, 11) is -0.870. The fraction of sp³-hybridized carbons (Fsp3) is 0.316. The summed E-state index contributed by atoms with van der Waals surface area (Å²) in [6.07, 6.45) is 0.548. The molecule has 34 heavy (non-hydrogen) atoms. The Morgan fingerprint density at radius 3 is 2.47 bits per heavy atom. The minimum atomic E-state index is -4.15. The number of nitrogens with zero attached hydrogens (tertiary/aromatic N) is 2. The number of hydrogen-bond donors (Lipinski definition) is 5. The number of non-ortho nitro benzene ring substituents is 1. The molecule has 0 radical (unpaired) electrons. The molecule has 0 aliphatic carbocycles. The first-order chi connectivity index (χ1) is 16.1. The highest BCUT2D eigenvalue weighted by atomic mass is 32.2. The van der Waals surface area contributed by atoms with Gasteiger partial charge in [-0.1, -0.05) is 0 Å². The third-order valence-corrected chi connectivity index (χ3v) is 6.79. The van der Waals surface area contributed by atoms with E-state index in [0.717, 1.165) is 35.6 Å². The fourth-order valence-electron chi connectivity index (χ4n) is 2.79. The van der Waals surface area contributed by atoms with E-state index in [9.17, 15) is 33.2 Å². The van der Waals surface area contributed by atoms with Gasteiger partial charge >= 0.3 is 5.97 Å². The number of hydrogen-bond acceptors (Lipinski definition) is 8. The number of aliphatic imine (C=N–C) groups is 1. The lowest BCUT2D eigenvalue weighted by Crippen LogP contribution is -2.41. The van der Waals surface area contributed by atoms with Gasteiger partial charge in [-0.05, 0) is 36.4 Å². The van der Waals surface area contributed by atoms with Gasteiger partial charge in [0.1, 0.15) is 10.9 Å². The topological polar surface area (TPSA) is 192 Å². The zero-order valence-electron chi connectivity index (χ0n) is 18.3. The minimum Gasteiger partial charge on any atom is -0.480 e. The Balaban J connectivity index is 2.06. The number of rotatable bonds is 11. The third-order valence-electron chi connectivity index (χ3n) is 4.50. The number of nitrogens with one attached hydrogen (secondary N) is 4. The van der Waals surface area contributed by atoms with E-state index in [4.69, 9.17) is 0 Å². The van der Waals surface area contributed by atoms with Crippen molar-refractivity contribution in [3.8, 4) is 0 Å². The average Bonchev–Trinajstić information content (AvgIpc) is 3.25. The van der Waals surface area contributed by atoms with Gasteiger partial charge in [-0.2, -0.15) is 0 Å². The van der Waals surface area contributed by atoms with Crippen LogP contribution in [0.3, 0.4) is 0 Å². The van der Waals surface area contributed by atoms with Gasteiger partial charge in [-0.15, -0.1) is 11.3 Å². The minimum absolute atomic E-state index is 0.0227. The number of thiophene rings is 1. The summed E-state index contributed by atoms with van der Waals surface area (Å²) in [6, 6.07) is 4.42. The molecule has 2 rings (SSSR count). The largest absolute Gasteiger partial charge is 0.480 e. The Morgan fingerprint density at radius 2 is 1.91 bits per heavy atom. The van der Waals surface area contributed by atoms with E-state index in [1.54, 1.807) is 14.1 Å². The van der Waals surface area contributed by atoms with Crippen molar-refractivity contribution in [1.82, 2.24) is 16.0 Å². The highest BCUT2D eigenvalue weighted by Gasteiger charge is 2.25. The zero-order chi connectivity index (χ0) is 25.3. The molecule has 5 N–H and O–H groups in total. The number of carboxylic acids is 1. The molecule has 1 atom stereocenters. The molecule has 15 heteroatoms. The molecule has 184 valence electrons. The number of aliphatic carboxylic acids is 1. The number of guanidine groups is 1. The predicted molar refractivity (Wildman–Crippen MR) is 127 cm³/mol. The summed E-state index contributed by atoms with van der Waals surface area (Å²) in [5, 5.41) is 29.9. The second-order valence-electron chi connectivity index (χ2n) is 6.78. The number of anilines is 1.